The number of carbonyl (C=O) groups is 1. The third kappa shape index (κ3) is 3.74. The number of aromatic nitrogens is 1. The minimum atomic E-state index is -0.0572. The molecule has 1 aromatic carbocycles. The highest BCUT2D eigenvalue weighted by molar-refractivity contribution is 7.98. The van der Waals surface area contributed by atoms with Gasteiger partial charge in [-0.05, 0) is 37.4 Å². The van der Waals surface area contributed by atoms with Crippen LogP contribution in [0.3, 0.4) is 0 Å². The minimum absolute atomic E-state index is 0.0250. The summed E-state index contributed by atoms with van der Waals surface area (Å²) in [6.45, 7) is 4.35. The Morgan fingerprint density at radius 1 is 1.36 bits per heavy atom. The second-order valence-electron chi connectivity index (χ2n) is 5.99. The van der Waals surface area contributed by atoms with E-state index in [-0.39, 0.29) is 12.0 Å². The lowest BCUT2D eigenvalue weighted by Gasteiger charge is -2.37. The van der Waals surface area contributed by atoms with E-state index in [1.165, 1.54) is 11.8 Å². The summed E-state index contributed by atoms with van der Waals surface area (Å²) < 4.78 is 6.12. The molecule has 132 valence electrons. The van der Waals surface area contributed by atoms with Crippen LogP contribution in [0.1, 0.15) is 17.3 Å². The minimum Gasteiger partial charge on any atom is -0.485 e. The van der Waals surface area contributed by atoms with Crippen molar-refractivity contribution >= 4 is 23.4 Å². The Kier molecular flexibility index (Phi) is 5.48. The van der Waals surface area contributed by atoms with Gasteiger partial charge in [0.05, 0.1) is 24.3 Å². The maximum atomic E-state index is 12.8. The van der Waals surface area contributed by atoms with Gasteiger partial charge < -0.3 is 14.5 Å². The molecule has 1 atom stereocenters. The lowest BCUT2D eigenvalue weighted by atomic mass is 10.1. The molecule has 6 heteroatoms. The van der Waals surface area contributed by atoms with Crippen LogP contribution in [0.25, 0.3) is 0 Å². The summed E-state index contributed by atoms with van der Waals surface area (Å²) in [7, 11) is 1.82. The molecule has 1 aliphatic heterocycles. The molecule has 0 bridgehead atoms. The van der Waals surface area contributed by atoms with Crippen LogP contribution in [0, 0.1) is 0 Å². The molecule has 0 saturated heterocycles. The zero-order chi connectivity index (χ0) is 17.8. The van der Waals surface area contributed by atoms with Crippen molar-refractivity contribution in [3.63, 3.8) is 0 Å². The molecule has 0 N–H and O–H groups in total. The maximum absolute atomic E-state index is 12.8. The lowest BCUT2D eigenvalue weighted by Crippen LogP contribution is -2.46. The molecule has 0 fully saturated rings. The van der Waals surface area contributed by atoms with Gasteiger partial charge in [0, 0.05) is 19.8 Å². The number of nitrogens with zero attached hydrogens (tertiary/aromatic N) is 3. The molecule has 3 rings (SSSR count). The van der Waals surface area contributed by atoms with Crippen LogP contribution < -0.4 is 9.64 Å². The van der Waals surface area contributed by atoms with Gasteiger partial charge in [-0.1, -0.05) is 12.1 Å². The summed E-state index contributed by atoms with van der Waals surface area (Å²) >= 11 is 1.48. The van der Waals surface area contributed by atoms with Crippen LogP contribution in [0.15, 0.2) is 47.6 Å². The average Bonchev–Trinajstić information content (AvgIpc) is 2.66. The van der Waals surface area contributed by atoms with Crippen molar-refractivity contribution in [3.05, 3.63) is 48.2 Å². The highest BCUT2D eigenvalue weighted by Crippen LogP contribution is 2.33. The summed E-state index contributed by atoms with van der Waals surface area (Å²) in [6.07, 6.45) is 3.58. The Morgan fingerprint density at radius 3 is 2.92 bits per heavy atom. The molecule has 0 aliphatic carbocycles. The van der Waals surface area contributed by atoms with Crippen LogP contribution >= 0.6 is 11.8 Å². The predicted octanol–water partition coefficient (Wildman–Crippen LogP) is 3.16. The van der Waals surface area contributed by atoms with Gasteiger partial charge in [-0.3, -0.25) is 4.79 Å². The number of ether oxygens (including phenoxy) is 1. The van der Waals surface area contributed by atoms with Crippen LogP contribution in [0.4, 0.5) is 5.69 Å². The first-order valence-corrected chi connectivity index (χ1v) is 9.61. The number of hydrogen-bond donors (Lipinski definition) is 0. The number of thioether (sulfide) groups is 1. The lowest BCUT2D eigenvalue weighted by molar-refractivity contribution is 0.0705. The zero-order valence-corrected chi connectivity index (χ0v) is 15.6. The fraction of sp³-hybridized carbons (Fsp3) is 0.368. The smallest absolute Gasteiger partial charge is 0.256 e. The normalized spacial score (nSPS) is 16.1. The Bertz CT molecular complexity index is 753. The highest BCUT2D eigenvalue weighted by Gasteiger charge is 2.27. The first kappa shape index (κ1) is 17.6. The molecule has 1 aliphatic rings. The van der Waals surface area contributed by atoms with Crippen LogP contribution in [-0.2, 0) is 0 Å². The topological polar surface area (TPSA) is 45.7 Å². The van der Waals surface area contributed by atoms with Gasteiger partial charge >= 0.3 is 0 Å². The molecule has 1 amide bonds. The first-order valence-electron chi connectivity index (χ1n) is 8.39. The number of amides is 1. The van der Waals surface area contributed by atoms with Crippen molar-refractivity contribution in [2.45, 2.75) is 18.1 Å². The second-order valence-corrected chi connectivity index (χ2v) is 6.79. The fourth-order valence-electron chi connectivity index (χ4n) is 3.08. The molecular formula is C19H23N3O2S. The predicted molar refractivity (Wildman–Crippen MR) is 102 cm³/mol. The van der Waals surface area contributed by atoms with E-state index in [0.29, 0.717) is 12.1 Å². The van der Waals surface area contributed by atoms with E-state index in [9.17, 15) is 4.79 Å². The van der Waals surface area contributed by atoms with Crippen molar-refractivity contribution in [1.82, 2.24) is 9.88 Å². The summed E-state index contributed by atoms with van der Waals surface area (Å²) in [6, 6.07) is 11.7. The molecule has 0 saturated carbocycles. The number of benzene rings is 1. The van der Waals surface area contributed by atoms with Crippen molar-refractivity contribution in [1.29, 1.82) is 0 Å². The molecule has 2 heterocycles. The number of para-hydroxylation sites is 2. The summed E-state index contributed by atoms with van der Waals surface area (Å²) in [5.41, 5.74) is 1.76. The Labute approximate surface area is 153 Å². The number of pyridine rings is 1. The molecule has 5 nitrogen and oxygen atoms in total. The van der Waals surface area contributed by atoms with E-state index in [1.54, 1.807) is 17.2 Å². The largest absolute Gasteiger partial charge is 0.485 e. The zero-order valence-electron chi connectivity index (χ0n) is 14.8. The Hall–Kier alpha value is -2.21. The molecule has 2 aromatic rings. The average molecular weight is 357 g/mol. The number of rotatable bonds is 5. The van der Waals surface area contributed by atoms with Crippen molar-refractivity contribution in [3.8, 4) is 5.75 Å². The number of carbonyl (C=O) groups excluding carboxylic acids is 1. The molecule has 25 heavy (non-hydrogen) atoms. The number of likely N-dealkylation sites (N-methyl/N-ethyl adjacent to an activating group) is 2. The molecular weight excluding hydrogens is 334 g/mol. The SMILES string of the molecule is CCN1C[C@H](CN(C)C(=O)c2cccnc2SC)Oc2ccccc21. The Morgan fingerprint density at radius 2 is 2.16 bits per heavy atom. The number of anilines is 1. The van der Waals surface area contributed by atoms with Crippen molar-refractivity contribution < 1.29 is 9.53 Å². The van der Waals surface area contributed by atoms with Gasteiger partial charge in [0.25, 0.3) is 5.91 Å². The second kappa shape index (κ2) is 7.78. The van der Waals surface area contributed by atoms with Gasteiger partial charge in [0.15, 0.2) is 0 Å². The summed E-state index contributed by atoms with van der Waals surface area (Å²) in [5, 5.41) is 0.754. The first-order chi connectivity index (χ1) is 12.1. The Balaban J connectivity index is 1.73. The summed E-state index contributed by atoms with van der Waals surface area (Å²) in [4.78, 5) is 21.1. The van der Waals surface area contributed by atoms with Gasteiger partial charge in [0.1, 0.15) is 16.9 Å². The van der Waals surface area contributed by atoms with Gasteiger partial charge in [-0.2, -0.15) is 0 Å². The third-order valence-electron chi connectivity index (χ3n) is 4.32. The van der Waals surface area contributed by atoms with Gasteiger partial charge in [0.2, 0.25) is 0 Å². The molecule has 0 spiro atoms. The van der Waals surface area contributed by atoms with Gasteiger partial charge in [-0.15, -0.1) is 11.8 Å². The molecule has 0 unspecified atom stereocenters. The van der Waals surface area contributed by atoms with Crippen LogP contribution in [0.5, 0.6) is 5.75 Å². The molecule has 1 aromatic heterocycles. The van der Waals surface area contributed by atoms with Crippen molar-refractivity contribution in [2.75, 3.05) is 37.8 Å². The monoisotopic (exact) mass is 357 g/mol. The van der Waals surface area contributed by atoms with Crippen LogP contribution in [0.2, 0.25) is 0 Å². The summed E-state index contributed by atoms with van der Waals surface area (Å²) in [5.74, 6) is 0.857. The standard InChI is InChI=1S/C19H23N3O2S/c1-4-22-13-14(24-17-10-6-5-9-16(17)22)12-21(2)19(23)15-8-7-11-20-18(15)25-3/h5-11,14H,4,12-13H2,1-3H3/t14-/m0/s1. The van der Waals surface area contributed by atoms with E-state index < -0.39 is 0 Å². The van der Waals surface area contributed by atoms with E-state index in [4.69, 9.17) is 4.74 Å². The fourth-order valence-corrected chi connectivity index (χ4v) is 3.63. The number of hydrogen-bond acceptors (Lipinski definition) is 5. The molecule has 0 radical (unpaired) electrons. The quantitative estimate of drug-likeness (QED) is 0.769. The highest BCUT2D eigenvalue weighted by atomic mass is 32.2. The van der Waals surface area contributed by atoms with E-state index in [2.05, 4.69) is 22.9 Å². The van der Waals surface area contributed by atoms with E-state index in [1.807, 2.05) is 37.6 Å². The maximum Gasteiger partial charge on any atom is 0.256 e. The number of fused-ring (bicyclic) bond motifs is 1. The van der Waals surface area contributed by atoms with Crippen LogP contribution in [-0.4, -0.2) is 54.8 Å². The van der Waals surface area contributed by atoms with E-state index >= 15 is 0 Å². The third-order valence-corrected chi connectivity index (χ3v) is 5.04. The van der Waals surface area contributed by atoms with Crippen molar-refractivity contribution in [2.24, 2.45) is 0 Å². The van der Waals surface area contributed by atoms with Gasteiger partial charge in [-0.25, -0.2) is 4.98 Å². The van der Waals surface area contributed by atoms with E-state index in [0.717, 1.165) is 29.6 Å².